The van der Waals surface area contributed by atoms with Gasteiger partial charge in [-0.15, -0.1) is 0 Å². The first-order valence-electron chi connectivity index (χ1n) is 3.77. The largest absolute Gasteiger partial charge is 0.392 e. The Balaban J connectivity index is 2.95. The number of nitrogens with two attached hydrogens (primary N) is 1. The Kier molecular flexibility index (Phi) is 3.16. The summed E-state index contributed by atoms with van der Waals surface area (Å²) in [6.07, 6.45) is 0. The minimum atomic E-state index is -0.00914. The highest BCUT2D eigenvalue weighted by Gasteiger charge is 1.93. The molecule has 0 saturated carbocycles. The van der Waals surface area contributed by atoms with Crippen LogP contribution in [0, 0.1) is 0 Å². The number of guanidine groups is 1. The monoisotopic (exact) mass is 177 g/mol. The average molecular weight is 177 g/mol. The summed E-state index contributed by atoms with van der Waals surface area (Å²) in [6, 6.07) is 7.10. The topological polar surface area (TPSA) is 71.0 Å². The normalized spacial score (nSPS) is 11.3. The highest BCUT2D eigenvalue weighted by atomic mass is 16.3. The lowest BCUT2D eigenvalue weighted by Gasteiger charge is -1.97. The van der Waals surface area contributed by atoms with Crippen LogP contribution in [-0.2, 0) is 6.61 Å². The smallest absolute Gasteiger partial charge is 0.219 e. The molecule has 0 fully saturated rings. The molecule has 0 spiro atoms. The zero-order chi connectivity index (χ0) is 9.68. The molecule has 3 N–H and O–H groups in total. The Bertz CT molecular complexity index is 333. The number of aliphatic hydroxyl groups is 1. The van der Waals surface area contributed by atoms with Crippen LogP contribution >= 0.6 is 0 Å². The van der Waals surface area contributed by atoms with Crippen molar-refractivity contribution in [3.05, 3.63) is 29.8 Å². The van der Waals surface area contributed by atoms with Crippen molar-refractivity contribution in [3.63, 3.8) is 0 Å². The van der Waals surface area contributed by atoms with Gasteiger partial charge in [-0.25, -0.2) is 9.98 Å². The van der Waals surface area contributed by atoms with Crippen molar-refractivity contribution in [1.29, 1.82) is 0 Å². The maximum Gasteiger partial charge on any atom is 0.219 e. The maximum atomic E-state index is 8.84. The number of aliphatic hydroxyl groups excluding tert-OH is 1. The molecule has 0 heterocycles. The Morgan fingerprint density at radius 3 is 2.92 bits per heavy atom. The lowest BCUT2D eigenvalue weighted by Crippen LogP contribution is -2.05. The SMILES string of the molecule is C=NC(N)=Nc1cccc(CO)c1. The van der Waals surface area contributed by atoms with E-state index < -0.39 is 0 Å². The molecule has 0 aromatic heterocycles. The molecule has 1 aromatic rings. The number of rotatable bonds is 2. The Labute approximate surface area is 76.5 Å². The van der Waals surface area contributed by atoms with Gasteiger partial charge in [0.25, 0.3) is 0 Å². The second kappa shape index (κ2) is 4.37. The van der Waals surface area contributed by atoms with Crippen LogP contribution in [0.25, 0.3) is 0 Å². The molecular weight excluding hydrogens is 166 g/mol. The van der Waals surface area contributed by atoms with Crippen LogP contribution in [0.1, 0.15) is 5.56 Å². The molecule has 0 atom stereocenters. The molecule has 0 saturated heterocycles. The van der Waals surface area contributed by atoms with Crippen LogP contribution in [0.3, 0.4) is 0 Å². The highest BCUT2D eigenvalue weighted by molar-refractivity contribution is 5.84. The fraction of sp³-hybridized carbons (Fsp3) is 0.111. The third-order valence-corrected chi connectivity index (χ3v) is 1.50. The van der Waals surface area contributed by atoms with E-state index in [-0.39, 0.29) is 12.6 Å². The Morgan fingerprint density at radius 1 is 1.54 bits per heavy atom. The van der Waals surface area contributed by atoms with Gasteiger partial charge < -0.3 is 10.8 Å². The lowest BCUT2D eigenvalue weighted by atomic mass is 10.2. The molecule has 0 aliphatic heterocycles. The number of hydrogen-bond donors (Lipinski definition) is 2. The van der Waals surface area contributed by atoms with E-state index in [1.54, 1.807) is 24.3 Å². The van der Waals surface area contributed by atoms with Gasteiger partial charge in [0, 0.05) is 0 Å². The first-order chi connectivity index (χ1) is 6.26. The van der Waals surface area contributed by atoms with Gasteiger partial charge in [0.15, 0.2) is 0 Å². The van der Waals surface area contributed by atoms with Crippen molar-refractivity contribution >= 4 is 18.4 Å². The number of hydrogen-bond acceptors (Lipinski definition) is 2. The molecule has 1 aromatic carbocycles. The average Bonchev–Trinajstić information content (AvgIpc) is 2.18. The van der Waals surface area contributed by atoms with Crippen LogP contribution < -0.4 is 5.73 Å². The van der Waals surface area contributed by atoms with Gasteiger partial charge in [-0.3, -0.25) is 0 Å². The van der Waals surface area contributed by atoms with Gasteiger partial charge in [-0.1, -0.05) is 12.1 Å². The fourth-order valence-electron chi connectivity index (χ4n) is 0.892. The molecular formula is C9H11N3O. The van der Waals surface area contributed by atoms with Gasteiger partial charge in [0.05, 0.1) is 12.3 Å². The lowest BCUT2D eigenvalue weighted by molar-refractivity contribution is 0.282. The van der Waals surface area contributed by atoms with E-state index in [2.05, 4.69) is 16.7 Å². The van der Waals surface area contributed by atoms with Crippen LogP contribution in [0.5, 0.6) is 0 Å². The first-order valence-corrected chi connectivity index (χ1v) is 3.77. The highest BCUT2D eigenvalue weighted by Crippen LogP contribution is 2.13. The quantitative estimate of drug-likeness (QED) is 0.518. The van der Waals surface area contributed by atoms with Crippen molar-refractivity contribution in [3.8, 4) is 0 Å². The maximum absolute atomic E-state index is 8.84. The number of aliphatic imine (C=N–C) groups is 2. The minimum Gasteiger partial charge on any atom is -0.392 e. The molecule has 0 radical (unpaired) electrons. The van der Waals surface area contributed by atoms with Crippen molar-refractivity contribution in [1.82, 2.24) is 0 Å². The zero-order valence-corrected chi connectivity index (χ0v) is 7.14. The van der Waals surface area contributed by atoms with E-state index in [0.29, 0.717) is 5.69 Å². The number of nitrogens with zero attached hydrogens (tertiary/aromatic N) is 2. The fourth-order valence-corrected chi connectivity index (χ4v) is 0.892. The first kappa shape index (κ1) is 9.41. The molecule has 0 aliphatic carbocycles. The minimum absolute atomic E-state index is 0.00914. The second-order valence-electron chi connectivity index (χ2n) is 2.46. The van der Waals surface area contributed by atoms with E-state index in [1.165, 1.54) is 0 Å². The van der Waals surface area contributed by atoms with Crippen LogP contribution in [0.2, 0.25) is 0 Å². The molecule has 4 nitrogen and oxygen atoms in total. The Morgan fingerprint density at radius 2 is 2.31 bits per heavy atom. The summed E-state index contributed by atoms with van der Waals surface area (Å²) in [5, 5.41) is 8.84. The van der Waals surface area contributed by atoms with E-state index in [1.807, 2.05) is 0 Å². The standard InChI is InChI=1S/C9H11N3O/c1-11-9(10)12-8-4-2-3-7(5-8)6-13/h2-5,13H,1,6H2,(H2,10,12). The predicted octanol–water partition coefficient (Wildman–Crippen LogP) is 0.826. The summed E-state index contributed by atoms with van der Waals surface area (Å²) in [5.74, 6) is 0.120. The van der Waals surface area contributed by atoms with E-state index in [0.717, 1.165) is 5.56 Å². The Hall–Kier alpha value is -1.68. The molecule has 1 rings (SSSR count). The van der Waals surface area contributed by atoms with Gasteiger partial charge in [-0.2, -0.15) is 0 Å². The molecule has 4 heteroatoms. The van der Waals surface area contributed by atoms with Gasteiger partial charge in [0.2, 0.25) is 5.96 Å². The summed E-state index contributed by atoms with van der Waals surface area (Å²) >= 11 is 0. The predicted molar refractivity (Wildman–Crippen MR) is 53.2 cm³/mol. The van der Waals surface area contributed by atoms with Crippen molar-refractivity contribution < 1.29 is 5.11 Å². The summed E-state index contributed by atoms with van der Waals surface area (Å²) < 4.78 is 0. The van der Waals surface area contributed by atoms with Crippen molar-refractivity contribution in [2.24, 2.45) is 15.7 Å². The van der Waals surface area contributed by atoms with E-state index in [4.69, 9.17) is 10.8 Å². The van der Waals surface area contributed by atoms with Crippen LogP contribution in [-0.4, -0.2) is 17.8 Å². The van der Waals surface area contributed by atoms with Crippen molar-refractivity contribution in [2.75, 3.05) is 0 Å². The van der Waals surface area contributed by atoms with Crippen LogP contribution in [0.4, 0.5) is 5.69 Å². The molecule has 0 unspecified atom stereocenters. The van der Waals surface area contributed by atoms with Gasteiger partial charge >= 0.3 is 0 Å². The van der Waals surface area contributed by atoms with Gasteiger partial charge in [-0.05, 0) is 24.4 Å². The third kappa shape index (κ3) is 2.68. The second-order valence-corrected chi connectivity index (χ2v) is 2.46. The molecule has 68 valence electrons. The molecule has 13 heavy (non-hydrogen) atoms. The van der Waals surface area contributed by atoms with E-state index >= 15 is 0 Å². The summed E-state index contributed by atoms with van der Waals surface area (Å²) in [4.78, 5) is 7.39. The van der Waals surface area contributed by atoms with Crippen LogP contribution in [0.15, 0.2) is 34.3 Å². The van der Waals surface area contributed by atoms with E-state index in [9.17, 15) is 0 Å². The summed E-state index contributed by atoms with van der Waals surface area (Å²) in [5.41, 5.74) is 6.81. The van der Waals surface area contributed by atoms with Crippen molar-refractivity contribution in [2.45, 2.75) is 6.61 Å². The summed E-state index contributed by atoms with van der Waals surface area (Å²) in [7, 11) is 0. The van der Waals surface area contributed by atoms with Gasteiger partial charge in [0.1, 0.15) is 0 Å². The summed E-state index contributed by atoms with van der Waals surface area (Å²) in [6.45, 7) is 3.24. The molecule has 0 bridgehead atoms. The third-order valence-electron chi connectivity index (χ3n) is 1.50. The zero-order valence-electron chi connectivity index (χ0n) is 7.14. The molecule has 0 amide bonds. The molecule has 0 aliphatic rings. The number of benzene rings is 1.